The molecule has 1 aromatic heterocycles. The SMILES string of the molecule is O=C(O)N1C[C@H](Oc2cc(NS(=O)(=O)N3CCC3)nc(SCc3cccc(F)c3F)n2)CO1. The second-order valence-corrected chi connectivity index (χ2v) is 9.73. The smallest absolute Gasteiger partial charge is 0.431 e. The zero-order chi connectivity index (χ0) is 23.6. The van der Waals surface area contributed by atoms with E-state index in [-0.39, 0.29) is 41.3 Å². The Morgan fingerprint density at radius 1 is 1.33 bits per heavy atom. The van der Waals surface area contributed by atoms with E-state index in [2.05, 4.69) is 14.7 Å². The van der Waals surface area contributed by atoms with Crippen LogP contribution < -0.4 is 9.46 Å². The molecule has 0 radical (unpaired) electrons. The summed E-state index contributed by atoms with van der Waals surface area (Å²) in [6.45, 7) is 0.636. The molecular weight excluding hydrogens is 484 g/mol. The average molecular weight is 504 g/mol. The van der Waals surface area contributed by atoms with E-state index in [1.165, 1.54) is 22.5 Å². The molecule has 2 saturated heterocycles. The Bertz CT molecular complexity index is 1150. The molecule has 4 rings (SSSR count). The zero-order valence-corrected chi connectivity index (χ0v) is 18.6. The predicted octanol–water partition coefficient (Wildman–Crippen LogP) is 2.08. The van der Waals surface area contributed by atoms with Crippen molar-refractivity contribution in [1.29, 1.82) is 0 Å². The van der Waals surface area contributed by atoms with Crippen molar-refractivity contribution in [3.8, 4) is 5.88 Å². The number of carboxylic acid groups (broad SMARTS) is 1. The molecule has 33 heavy (non-hydrogen) atoms. The third-order valence-corrected chi connectivity index (χ3v) is 7.15. The molecule has 1 aromatic carbocycles. The predicted molar refractivity (Wildman–Crippen MR) is 112 cm³/mol. The molecule has 11 nitrogen and oxygen atoms in total. The van der Waals surface area contributed by atoms with Gasteiger partial charge >= 0.3 is 16.3 Å². The summed E-state index contributed by atoms with van der Waals surface area (Å²) in [5, 5.41) is 9.75. The minimum absolute atomic E-state index is 0.0231. The van der Waals surface area contributed by atoms with Crippen molar-refractivity contribution in [3.63, 3.8) is 0 Å². The monoisotopic (exact) mass is 503 g/mol. The van der Waals surface area contributed by atoms with Gasteiger partial charge in [-0.2, -0.15) is 22.8 Å². The van der Waals surface area contributed by atoms with Gasteiger partial charge in [0, 0.05) is 30.5 Å². The summed E-state index contributed by atoms with van der Waals surface area (Å²) in [6.07, 6.45) is -1.21. The number of ether oxygens (including phenoxy) is 1. The Labute approximate surface area is 191 Å². The van der Waals surface area contributed by atoms with Gasteiger partial charge < -0.3 is 9.84 Å². The zero-order valence-electron chi connectivity index (χ0n) is 17.0. The molecule has 178 valence electrons. The van der Waals surface area contributed by atoms with Crippen LogP contribution in [0.2, 0.25) is 0 Å². The summed E-state index contributed by atoms with van der Waals surface area (Å²) in [7, 11) is -3.83. The van der Waals surface area contributed by atoms with Crippen LogP contribution in [0, 0.1) is 11.6 Å². The Balaban J connectivity index is 1.54. The number of thioether (sulfide) groups is 1. The van der Waals surface area contributed by atoms with Crippen molar-refractivity contribution >= 4 is 33.9 Å². The third kappa shape index (κ3) is 5.61. The van der Waals surface area contributed by atoms with Crippen LogP contribution in [0.25, 0.3) is 0 Å². The Morgan fingerprint density at radius 3 is 2.79 bits per heavy atom. The first-order valence-electron chi connectivity index (χ1n) is 9.74. The van der Waals surface area contributed by atoms with Gasteiger partial charge in [0.2, 0.25) is 5.88 Å². The van der Waals surface area contributed by atoms with Crippen LogP contribution in [-0.4, -0.2) is 71.3 Å². The van der Waals surface area contributed by atoms with Gasteiger partial charge in [-0.15, -0.1) is 0 Å². The number of halogens is 2. The van der Waals surface area contributed by atoms with Crippen molar-refractivity contribution in [1.82, 2.24) is 19.3 Å². The maximum atomic E-state index is 14.0. The van der Waals surface area contributed by atoms with Crippen LogP contribution in [0.5, 0.6) is 5.88 Å². The molecule has 3 heterocycles. The number of nitrogens with zero attached hydrogens (tertiary/aromatic N) is 4. The number of carbonyl (C=O) groups is 1. The molecule has 2 aliphatic rings. The van der Waals surface area contributed by atoms with Crippen LogP contribution in [0.3, 0.4) is 0 Å². The summed E-state index contributed by atoms with van der Waals surface area (Å²) < 4.78 is 61.6. The highest BCUT2D eigenvalue weighted by Crippen LogP contribution is 2.27. The standard InChI is InChI=1S/C18H19F2N5O6S2/c19-13-4-1-3-11(16(13)20)10-32-17-21-14(23-33(28,29)24-5-2-6-24)7-15(22-17)31-12-8-25(18(26)27)30-9-12/h1,3-4,7,12H,2,5-6,8-10H2,(H,26,27)(H,21,22,23)/t12-/m0/s1. The first-order valence-corrected chi connectivity index (χ1v) is 12.2. The van der Waals surface area contributed by atoms with Crippen LogP contribution in [-0.2, 0) is 20.8 Å². The largest absolute Gasteiger partial charge is 0.470 e. The number of hydrogen-bond donors (Lipinski definition) is 2. The summed E-state index contributed by atoms with van der Waals surface area (Å²) in [6, 6.07) is 5.04. The summed E-state index contributed by atoms with van der Waals surface area (Å²) in [5.74, 6) is -2.12. The summed E-state index contributed by atoms with van der Waals surface area (Å²) >= 11 is 0.949. The minimum Gasteiger partial charge on any atom is -0.470 e. The normalized spacial score (nSPS) is 18.7. The molecule has 0 spiro atoms. The van der Waals surface area contributed by atoms with Crippen LogP contribution in [0.1, 0.15) is 12.0 Å². The van der Waals surface area contributed by atoms with Gasteiger partial charge in [0.25, 0.3) is 0 Å². The highest BCUT2D eigenvalue weighted by molar-refractivity contribution is 7.98. The number of nitrogens with one attached hydrogen (secondary N) is 1. The van der Waals surface area contributed by atoms with Crippen molar-refractivity contribution in [2.45, 2.75) is 23.4 Å². The van der Waals surface area contributed by atoms with Crippen molar-refractivity contribution in [2.24, 2.45) is 0 Å². The topological polar surface area (TPSA) is 134 Å². The van der Waals surface area contributed by atoms with E-state index in [0.29, 0.717) is 18.2 Å². The van der Waals surface area contributed by atoms with Gasteiger partial charge in [-0.1, -0.05) is 23.9 Å². The van der Waals surface area contributed by atoms with Crippen LogP contribution >= 0.6 is 11.8 Å². The van der Waals surface area contributed by atoms with Gasteiger partial charge in [0.05, 0.1) is 6.54 Å². The highest BCUT2D eigenvalue weighted by atomic mass is 32.2. The number of anilines is 1. The van der Waals surface area contributed by atoms with Gasteiger partial charge in [-0.25, -0.2) is 18.6 Å². The van der Waals surface area contributed by atoms with Crippen LogP contribution in [0.15, 0.2) is 29.4 Å². The van der Waals surface area contributed by atoms with Gasteiger partial charge in [0.15, 0.2) is 16.8 Å². The fourth-order valence-corrected chi connectivity index (χ4v) is 5.01. The van der Waals surface area contributed by atoms with Crippen molar-refractivity contribution in [2.75, 3.05) is 31.0 Å². The van der Waals surface area contributed by atoms with Gasteiger partial charge in [-0.05, 0) is 12.5 Å². The van der Waals surface area contributed by atoms with E-state index in [4.69, 9.17) is 14.7 Å². The lowest BCUT2D eigenvalue weighted by Crippen LogP contribution is -2.45. The van der Waals surface area contributed by atoms with E-state index in [9.17, 15) is 22.0 Å². The van der Waals surface area contributed by atoms with Gasteiger partial charge in [-0.3, -0.25) is 9.56 Å². The lowest BCUT2D eigenvalue weighted by molar-refractivity contribution is -0.0839. The lowest BCUT2D eigenvalue weighted by Gasteiger charge is -2.29. The molecule has 2 fully saturated rings. The molecule has 1 atom stereocenters. The Morgan fingerprint density at radius 2 is 2.12 bits per heavy atom. The number of amides is 1. The highest BCUT2D eigenvalue weighted by Gasteiger charge is 2.31. The van der Waals surface area contributed by atoms with Crippen molar-refractivity contribution < 1.29 is 36.7 Å². The molecule has 2 aliphatic heterocycles. The van der Waals surface area contributed by atoms with E-state index in [1.54, 1.807) is 0 Å². The number of hydrogen-bond acceptors (Lipinski definition) is 8. The quantitative estimate of drug-likeness (QED) is 0.410. The van der Waals surface area contributed by atoms with Crippen LogP contribution in [0.4, 0.5) is 19.4 Å². The number of rotatable bonds is 8. The maximum Gasteiger partial charge on any atom is 0.431 e. The maximum absolute atomic E-state index is 14.0. The molecule has 0 unspecified atom stereocenters. The molecule has 15 heteroatoms. The van der Waals surface area contributed by atoms with E-state index >= 15 is 0 Å². The average Bonchev–Trinajstić information content (AvgIpc) is 3.15. The molecule has 2 N–H and O–H groups in total. The Kier molecular flexibility index (Phi) is 6.83. The first kappa shape index (κ1) is 23.4. The number of benzene rings is 1. The first-order chi connectivity index (χ1) is 15.7. The fourth-order valence-electron chi connectivity index (χ4n) is 2.95. The molecular formula is C18H19F2N5O6S2. The summed E-state index contributed by atoms with van der Waals surface area (Å²) in [5.41, 5.74) is 0.0823. The van der Waals surface area contributed by atoms with Gasteiger partial charge in [0.1, 0.15) is 18.5 Å². The second-order valence-electron chi connectivity index (χ2n) is 7.11. The molecule has 0 saturated carbocycles. The minimum atomic E-state index is -3.83. The summed E-state index contributed by atoms with van der Waals surface area (Å²) in [4.78, 5) is 24.3. The molecule has 0 bridgehead atoms. The molecule has 1 amide bonds. The molecule has 2 aromatic rings. The van der Waals surface area contributed by atoms with Crippen molar-refractivity contribution in [3.05, 3.63) is 41.5 Å². The fraction of sp³-hybridized carbons (Fsp3) is 0.389. The van der Waals surface area contributed by atoms with E-state index < -0.39 is 34.0 Å². The van der Waals surface area contributed by atoms with E-state index in [1.807, 2.05) is 0 Å². The lowest BCUT2D eigenvalue weighted by atomic mass is 10.2. The third-order valence-electron chi connectivity index (χ3n) is 4.75. The Hall–Kier alpha value is -2.75. The number of aromatic nitrogens is 2. The molecule has 0 aliphatic carbocycles. The van der Waals surface area contributed by atoms with E-state index in [0.717, 1.165) is 24.2 Å². The number of hydroxylamine groups is 2. The second kappa shape index (κ2) is 9.62.